The van der Waals surface area contributed by atoms with Crippen molar-refractivity contribution in [1.82, 2.24) is 20.1 Å². The van der Waals surface area contributed by atoms with Crippen molar-refractivity contribution in [2.24, 2.45) is 0 Å². The molecule has 2 amide bonds. The summed E-state index contributed by atoms with van der Waals surface area (Å²) in [4.78, 5) is 29.8. The highest BCUT2D eigenvalue weighted by atomic mass is 32.1. The Balaban J connectivity index is 1.41. The lowest BCUT2D eigenvalue weighted by Gasteiger charge is -2.11. The molecule has 4 rings (SSSR count). The number of hydrogen-bond acceptors (Lipinski definition) is 5. The van der Waals surface area contributed by atoms with Crippen LogP contribution in [0, 0.1) is 6.92 Å². The van der Waals surface area contributed by atoms with Crippen LogP contribution in [0.5, 0.6) is 0 Å². The molecule has 0 saturated heterocycles. The number of anilines is 1. The average molecular weight is 500 g/mol. The molecule has 7 nitrogen and oxygen atoms in total. The molecule has 0 fully saturated rings. The summed E-state index contributed by atoms with van der Waals surface area (Å²) in [6, 6.07) is 16.4. The van der Waals surface area contributed by atoms with Crippen LogP contribution in [0.25, 0.3) is 21.1 Å². The van der Waals surface area contributed by atoms with E-state index < -0.39 is 17.8 Å². The molecule has 0 atom stereocenters. The minimum Gasteiger partial charge on any atom is -0.336 e. The Hall–Kier alpha value is -3.99. The van der Waals surface area contributed by atoms with Crippen molar-refractivity contribution in [1.29, 1.82) is 0 Å². The summed E-state index contributed by atoms with van der Waals surface area (Å²) in [7, 11) is 0. The molecule has 0 bridgehead atoms. The average Bonchev–Trinajstić information content (AvgIpc) is 3.22. The maximum Gasteiger partial charge on any atom is 0.416 e. The van der Waals surface area contributed by atoms with Crippen LogP contribution in [0.1, 0.15) is 11.3 Å². The van der Waals surface area contributed by atoms with Crippen LogP contribution in [0.15, 0.2) is 71.5 Å². The van der Waals surface area contributed by atoms with Gasteiger partial charge < -0.3 is 10.6 Å². The lowest BCUT2D eigenvalue weighted by Crippen LogP contribution is -2.34. The molecule has 0 unspecified atom stereocenters. The smallest absolute Gasteiger partial charge is 0.336 e. The first-order chi connectivity index (χ1) is 16.7. The summed E-state index contributed by atoms with van der Waals surface area (Å²) in [5, 5.41) is 10.1. The Morgan fingerprint density at radius 1 is 1.06 bits per heavy atom. The van der Waals surface area contributed by atoms with Crippen LogP contribution >= 0.6 is 11.3 Å². The van der Waals surface area contributed by atoms with E-state index in [1.165, 1.54) is 34.2 Å². The van der Waals surface area contributed by atoms with Crippen LogP contribution in [0.3, 0.4) is 0 Å². The third kappa shape index (κ3) is 5.93. The van der Waals surface area contributed by atoms with E-state index in [4.69, 9.17) is 0 Å². The van der Waals surface area contributed by atoms with Gasteiger partial charge >= 0.3 is 12.2 Å². The first-order valence-corrected chi connectivity index (χ1v) is 11.4. The molecule has 180 valence electrons. The number of carbonyl (C=O) groups excluding carboxylic acids is 1. The van der Waals surface area contributed by atoms with Gasteiger partial charge in [-0.05, 0) is 31.2 Å². The van der Waals surface area contributed by atoms with Gasteiger partial charge in [-0.2, -0.15) is 18.3 Å². The summed E-state index contributed by atoms with van der Waals surface area (Å²) in [5.74, 6) is 0. The Morgan fingerprint density at radius 2 is 1.83 bits per heavy atom. The van der Waals surface area contributed by atoms with Crippen LogP contribution in [-0.4, -0.2) is 27.3 Å². The second-order valence-electron chi connectivity index (χ2n) is 7.54. The number of benzene rings is 2. The van der Waals surface area contributed by atoms with Gasteiger partial charge in [-0.1, -0.05) is 36.4 Å². The van der Waals surface area contributed by atoms with Crippen LogP contribution in [-0.2, 0) is 12.7 Å². The van der Waals surface area contributed by atoms with Gasteiger partial charge in [0, 0.05) is 23.9 Å². The van der Waals surface area contributed by atoms with E-state index in [0.717, 1.165) is 33.3 Å². The van der Waals surface area contributed by atoms with Gasteiger partial charge in [0.05, 0.1) is 22.7 Å². The number of rotatable bonds is 6. The van der Waals surface area contributed by atoms with E-state index in [9.17, 15) is 22.8 Å². The van der Waals surface area contributed by atoms with Gasteiger partial charge in [0.2, 0.25) is 0 Å². The molecule has 0 saturated carbocycles. The lowest BCUT2D eigenvalue weighted by molar-refractivity contribution is -0.137. The van der Waals surface area contributed by atoms with Crippen LogP contribution in [0.4, 0.5) is 23.7 Å². The molecule has 0 spiro atoms. The first kappa shape index (κ1) is 24.1. The number of halogens is 3. The Bertz CT molecular complexity index is 1400. The fraction of sp³-hybridized carbons (Fsp3) is 0.167. The molecule has 2 aromatic carbocycles. The number of carbonyl (C=O) groups is 1. The SMILES string of the molecule is Cc1nc(-c2ccccc2)sc1-c1ccc(=O)n(CCNC(=O)Nc2cccc(C(F)(F)F)c2)n1. The molecule has 0 aliphatic rings. The summed E-state index contributed by atoms with van der Waals surface area (Å²) >= 11 is 1.46. The normalized spacial score (nSPS) is 11.3. The van der Waals surface area contributed by atoms with Gasteiger partial charge in [-0.3, -0.25) is 4.79 Å². The van der Waals surface area contributed by atoms with Gasteiger partial charge in [-0.25, -0.2) is 14.5 Å². The number of nitrogens with zero attached hydrogens (tertiary/aromatic N) is 3. The second kappa shape index (κ2) is 10.1. The molecule has 2 aromatic heterocycles. The van der Waals surface area contributed by atoms with E-state index in [1.54, 1.807) is 6.07 Å². The number of nitrogens with one attached hydrogen (secondary N) is 2. The fourth-order valence-corrected chi connectivity index (χ4v) is 4.33. The van der Waals surface area contributed by atoms with Crippen molar-refractivity contribution in [3.05, 3.63) is 88.3 Å². The molecule has 2 N–H and O–H groups in total. The van der Waals surface area contributed by atoms with Gasteiger partial charge in [-0.15, -0.1) is 11.3 Å². The Kier molecular flexibility index (Phi) is 6.97. The Labute approximate surface area is 202 Å². The van der Waals surface area contributed by atoms with Crippen LogP contribution < -0.4 is 16.2 Å². The van der Waals surface area contributed by atoms with Gasteiger partial charge in [0.25, 0.3) is 5.56 Å². The number of hydrogen-bond donors (Lipinski definition) is 2. The number of aromatic nitrogens is 3. The van der Waals surface area contributed by atoms with Crippen molar-refractivity contribution in [2.75, 3.05) is 11.9 Å². The number of urea groups is 1. The molecule has 11 heteroatoms. The predicted octanol–water partition coefficient (Wildman–Crippen LogP) is 5.18. The molecule has 0 aliphatic carbocycles. The summed E-state index contributed by atoms with van der Waals surface area (Å²) in [5.41, 5.74) is 1.14. The van der Waals surface area contributed by atoms with Crippen molar-refractivity contribution < 1.29 is 18.0 Å². The Morgan fingerprint density at radius 3 is 2.57 bits per heavy atom. The molecule has 4 aromatic rings. The summed E-state index contributed by atoms with van der Waals surface area (Å²) in [6.45, 7) is 1.99. The minimum atomic E-state index is -4.51. The number of amides is 2. The molecular weight excluding hydrogens is 479 g/mol. The number of aryl methyl sites for hydroxylation is 1. The fourth-order valence-electron chi connectivity index (χ4n) is 3.29. The zero-order valence-electron chi connectivity index (χ0n) is 18.5. The van der Waals surface area contributed by atoms with E-state index in [-0.39, 0.29) is 24.3 Å². The van der Waals surface area contributed by atoms with Crippen molar-refractivity contribution >= 4 is 23.1 Å². The molecule has 2 heterocycles. The molecule has 0 radical (unpaired) electrons. The van der Waals surface area contributed by atoms with Crippen LogP contribution in [0.2, 0.25) is 0 Å². The zero-order chi connectivity index (χ0) is 25.0. The molecule has 35 heavy (non-hydrogen) atoms. The van der Waals surface area contributed by atoms with E-state index in [0.29, 0.717) is 5.69 Å². The molecular formula is C24H20F3N5O2S. The summed E-state index contributed by atoms with van der Waals surface area (Å²) in [6.07, 6.45) is -4.51. The first-order valence-electron chi connectivity index (χ1n) is 10.5. The zero-order valence-corrected chi connectivity index (χ0v) is 19.3. The monoisotopic (exact) mass is 499 g/mol. The third-order valence-corrected chi connectivity index (χ3v) is 6.20. The van der Waals surface area contributed by atoms with E-state index in [2.05, 4.69) is 20.7 Å². The maximum atomic E-state index is 12.8. The number of alkyl halides is 3. The highest BCUT2D eigenvalue weighted by Gasteiger charge is 2.30. The highest BCUT2D eigenvalue weighted by molar-refractivity contribution is 7.18. The van der Waals surface area contributed by atoms with Crippen molar-refractivity contribution in [3.8, 4) is 21.1 Å². The third-order valence-electron chi connectivity index (χ3n) is 4.97. The van der Waals surface area contributed by atoms with Crippen molar-refractivity contribution in [2.45, 2.75) is 19.6 Å². The topological polar surface area (TPSA) is 88.9 Å². The van der Waals surface area contributed by atoms with Gasteiger partial charge in [0.15, 0.2) is 0 Å². The van der Waals surface area contributed by atoms with E-state index in [1.807, 2.05) is 37.3 Å². The lowest BCUT2D eigenvalue weighted by atomic mass is 10.2. The standard InChI is InChI=1S/C24H20F3N5O2S/c1-15-21(35-22(29-15)16-6-3-2-4-7-16)19-10-11-20(33)32(31-19)13-12-28-23(34)30-18-9-5-8-17(14-18)24(25,26)27/h2-11,14H,12-13H2,1H3,(H2,28,30,34). The van der Waals surface area contributed by atoms with Crippen molar-refractivity contribution in [3.63, 3.8) is 0 Å². The highest BCUT2D eigenvalue weighted by Crippen LogP contribution is 2.34. The molecule has 0 aliphatic heterocycles. The minimum absolute atomic E-state index is 0.00417. The quantitative estimate of drug-likeness (QED) is 0.383. The maximum absolute atomic E-state index is 12.8. The summed E-state index contributed by atoms with van der Waals surface area (Å²) < 4.78 is 39.7. The second-order valence-corrected chi connectivity index (χ2v) is 8.54. The van der Waals surface area contributed by atoms with Gasteiger partial charge in [0.1, 0.15) is 10.7 Å². The largest absolute Gasteiger partial charge is 0.416 e. The van der Waals surface area contributed by atoms with E-state index >= 15 is 0 Å². The number of thiazole rings is 1. The predicted molar refractivity (Wildman–Crippen MR) is 128 cm³/mol.